The van der Waals surface area contributed by atoms with Crippen molar-refractivity contribution in [2.24, 2.45) is 5.92 Å². The van der Waals surface area contributed by atoms with Crippen LogP contribution in [0.2, 0.25) is 0 Å². The number of benzene rings is 1. The Bertz CT molecular complexity index is 739. The molecule has 0 spiro atoms. The monoisotopic (exact) mass is 393 g/mol. The van der Waals surface area contributed by atoms with Crippen molar-refractivity contribution in [2.45, 2.75) is 32.2 Å². The lowest BCUT2D eigenvalue weighted by atomic mass is 10.1. The van der Waals surface area contributed by atoms with E-state index >= 15 is 0 Å². The first kappa shape index (κ1) is 21.0. The summed E-state index contributed by atoms with van der Waals surface area (Å²) in [7, 11) is 1.39. The molecule has 1 saturated carbocycles. The maximum atomic E-state index is 13.8. The molecule has 0 unspecified atom stereocenters. The van der Waals surface area contributed by atoms with Crippen molar-refractivity contribution >= 4 is 17.5 Å². The average molecular weight is 394 g/mol. The molecule has 1 fully saturated rings. The molecule has 0 saturated heterocycles. The van der Waals surface area contributed by atoms with Crippen molar-refractivity contribution in [3.8, 4) is 5.75 Å². The average Bonchev–Trinajstić information content (AvgIpc) is 3.16. The summed E-state index contributed by atoms with van der Waals surface area (Å²) in [5, 5.41) is 2.78. The molecule has 0 radical (unpaired) electrons. The highest BCUT2D eigenvalue weighted by atomic mass is 35.5. The quantitative estimate of drug-likeness (QED) is 0.370. The Kier molecular flexibility index (Phi) is 7.92. The number of rotatable bonds is 9. The second kappa shape index (κ2) is 10.2. The standard InChI is InChI=1S/C21H25ClFNO3/c1-4-18(27-13-15-7-5-6-8-15)20(14(2)22)21(25)24-12-16-9-10-19(26-3)17(23)11-16/h4,9-11,15H,1-2,5-8,12-13H2,3H3,(H,24,25)/b20-18-. The van der Waals surface area contributed by atoms with Gasteiger partial charge in [-0.2, -0.15) is 0 Å². The van der Waals surface area contributed by atoms with Crippen LogP contribution >= 0.6 is 11.6 Å². The first-order chi connectivity index (χ1) is 13.0. The largest absolute Gasteiger partial charge is 0.494 e. The Hall–Kier alpha value is -2.27. The molecule has 1 aliphatic rings. The Morgan fingerprint density at radius 3 is 2.67 bits per heavy atom. The van der Waals surface area contributed by atoms with Gasteiger partial charge in [-0.25, -0.2) is 4.39 Å². The lowest BCUT2D eigenvalue weighted by Gasteiger charge is -2.16. The van der Waals surface area contributed by atoms with E-state index in [1.807, 2.05) is 0 Å². The number of amides is 1. The Labute approximate surface area is 164 Å². The number of methoxy groups -OCH3 is 1. The predicted molar refractivity (Wildman–Crippen MR) is 105 cm³/mol. The summed E-state index contributed by atoms with van der Waals surface area (Å²) < 4.78 is 24.5. The van der Waals surface area contributed by atoms with Gasteiger partial charge in [0.05, 0.1) is 19.3 Å². The van der Waals surface area contributed by atoms with Crippen molar-refractivity contribution < 1.29 is 18.7 Å². The molecule has 1 aliphatic carbocycles. The third kappa shape index (κ3) is 5.86. The molecular weight excluding hydrogens is 369 g/mol. The molecule has 2 rings (SSSR count). The number of carbonyl (C=O) groups excluding carboxylic acids is 1. The van der Waals surface area contributed by atoms with E-state index in [9.17, 15) is 9.18 Å². The third-order valence-corrected chi connectivity index (χ3v) is 4.74. The van der Waals surface area contributed by atoms with Crippen molar-refractivity contribution in [1.29, 1.82) is 0 Å². The van der Waals surface area contributed by atoms with Crippen LogP contribution in [0.15, 0.2) is 53.8 Å². The van der Waals surface area contributed by atoms with E-state index in [0.29, 0.717) is 23.8 Å². The van der Waals surface area contributed by atoms with Crippen LogP contribution in [-0.4, -0.2) is 19.6 Å². The van der Waals surface area contributed by atoms with Crippen molar-refractivity contribution in [3.05, 3.63) is 65.2 Å². The lowest BCUT2D eigenvalue weighted by molar-refractivity contribution is -0.117. The van der Waals surface area contributed by atoms with Crippen molar-refractivity contribution in [2.75, 3.05) is 13.7 Å². The highest BCUT2D eigenvalue weighted by molar-refractivity contribution is 6.35. The molecule has 0 aromatic heterocycles. The molecule has 4 nitrogen and oxygen atoms in total. The van der Waals surface area contributed by atoms with Gasteiger partial charge in [0.15, 0.2) is 11.6 Å². The highest BCUT2D eigenvalue weighted by Gasteiger charge is 2.20. The van der Waals surface area contributed by atoms with E-state index < -0.39 is 11.7 Å². The molecular formula is C21H25ClFNO3. The van der Waals surface area contributed by atoms with Crippen molar-refractivity contribution in [1.82, 2.24) is 5.32 Å². The zero-order valence-electron chi connectivity index (χ0n) is 15.5. The van der Waals surface area contributed by atoms with Gasteiger partial charge in [0, 0.05) is 11.6 Å². The molecule has 1 aromatic carbocycles. The van der Waals surface area contributed by atoms with Gasteiger partial charge >= 0.3 is 0 Å². The first-order valence-corrected chi connectivity index (χ1v) is 9.29. The fourth-order valence-corrected chi connectivity index (χ4v) is 3.26. The minimum Gasteiger partial charge on any atom is -0.494 e. The predicted octanol–water partition coefficient (Wildman–Crippen LogP) is 4.85. The Morgan fingerprint density at radius 1 is 1.41 bits per heavy atom. The van der Waals surface area contributed by atoms with E-state index in [4.69, 9.17) is 21.1 Å². The topological polar surface area (TPSA) is 47.6 Å². The summed E-state index contributed by atoms with van der Waals surface area (Å²) in [6.45, 7) is 8.02. The maximum absolute atomic E-state index is 13.8. The molecule has 0 bridgehead atoms. The number of allylic oxidation sites excluding steroid dienone is 1. The van der Waals surface area contributed by atoms with E-state index in [2.05, 4.69) is 18.5 Å². The van der Waals surface area contributed by atoms with Crippen LogP contribution in [0.5, 0.6) is 5.75 Å². The SMILES string of the molecule is C=C/C(OCC1CCCC1)=C(\C(=C)Cl)C(=O)NCc1ccc(OC)c(F)c1. The van der Waals surface area contributed by atoms with Gasteiger partial charge in [-0.1, -0.05) is 43.7 Å². The second-order valence-electron chi connectivity index (χ2n) is 6.46. The summed E-state index contributed by atoms with van der Waals surface area (Å²) >= 11 is 6.04. The van der Waals surface area contributed by atoms with Gasteiger partial charge in [0.1, 0.15) is 5.76 Å². The van der Waals surface area contributed by atoms with E-state index in [1.165, 1.54) is 38.2 Å². The van der Waals surface area contributed by atoms with Crippen LogP contribution in [0.1, 0.15) is 31.2 Å². The number of carbonyl (C=O) groups is 1. The molecule has 1 N–H and O–H groups in total. The van der Waals surface area contributed by atoms with Gasteiger partial charge in [0.2, 0.25) is 0 Å². The van der Waals surface area contributed by atoms with Crippen LogP contribution in [0.4, 0.5) is 4.39 Å². The van der Waals surface area contributed by atoms with E-state index in [0.717, 1.165) is 12.8 Å². The zero-order chi connectivity index (χ0) is 19.8. The molecule has 1 amide bonds. The highest BCUT2D eigenvalue weighted by Crippen LogP contribution is 2.27. The van der Waals surface area contributed by atoms with E-state index in [1.54, 1.807) is 6.07 Å². The van der Waals surface area contributed by atoms with Crippen LogP contribution in [0.3, 0.4) is 0 Å². The number of hydrogen-bond donors (Lipinski definition) is 1. The Balaban J connectivity index is 2.06. The maximum Gasteiger partial charge on any atom is 0.256 e. The number of halogens is 2. The van der Waals surface area contributed by atoms with Crippen LogP contribution < -0.4 is 10.1 Å². The van der Waals surface area contributed by atoms with Gasteiger partial charge in [-0.3, -0.25) is 4.79 Å². The van der Waals surface area contributed by atoms with Gasteiger partial charge in [-0.05, 0) is 42.5 Å². The molecule has 1 aromatic rings. The van der Waals surface area contributed by atoms with Crippen LogP contribution in [0, 0.1) is 11.7 Å². The summed E-state index contributed by atoms with van der Waals surface area (Å²) in [6, 6.07) is 4.49. The van der Waals surface area contributed by atoms with Crippen LogP contribution in [0.25, 0.3) is 0 Å². The van der Waals surface area contributed by atoms with E-state index in [-0.39, 0.29) is 22.9 Å². The smallest absolute Gasteiger partial charge is 0.256 e. The third-order valence-electron chi connectivity index (χ3n) is 4.55. The molecule has 6 heteroatoms. The number of ether oxygens (including phenoxy) is 2. The lowest BCUT2D eigenvalue weighted by Crippen LogP contribution is -2.26. The Morgan fingerprint density at radius 2 is 2.11 bits per heavy atom. The first-order valence-electron chi connectivity index (χ1n) is 8.91. The number of hydrogen-bond acceptors (Lipinski definition) is 3. The van der Waals surface area contributed by atoms with Gasteiger partial charge < -0.3 is 14.8 Å². The molecule has 27 heavy (non-hydrogen) atoms. The summed E-state index contributed by atoms with van der Waals surface area (Å²) in [5.74, 6) is -0.00881. The van der Waals surface area contributed by atoms with Crippen LogP contribution in [-0.2, 0) is 16.1 Å². The molecule has 0 atom stereocenters. The zero-order valence-corrected chi connectivity index (χ0v) is 16.3. The second-order valence-corrected chi connectivity index (χ2v) is 6.92. The molecule has 146 valence electrons. The fraction of sp³-hybridized carbons (Fsp3) is 0.381. The molecule has 0 aliphatic heterocycles. The minimum atomic E-state index is -0.492. The van der Waals surface area contributed by atoms with Gasteiger partial charge in [0.25, 0.3) is 5.91 Å². The minimum absolute atomic E-state index is 0.0646. The van der Waals surface area contributed by atoms with Crippen molar-refractivity contribution in [3.63, 3.8) is 0 Å². The number of nitrogens with one attached hydrogen (secondary N) is 1. The fourth-order valence-electron chi connectivity index (χ4n) is 3.08. The summed E-state index contributed by atoms with van der Waals surface area (Å²) in [6.07, 6.45) is 6.11. The normalized spacial score (nSPS) is 15.1. The summed E-state index contributed by atoms with van der Waals surface area (Å²) in [4.78, 5) is 12.6. The molecule has 0 heterocycles. The summed E-state index contributed by atoms with van der Waals surface area (Å²) in [5.41, 5.74) is 0.729. The van der Waals surface area contributed by atoms with Gasteiger partial charge in [-0.15, -0.1) is 0 Å².